The molecule has 0 aromatic carbocycles. The van der Waals surface area contributed by atoms with Crippen LogP contribution < -0.4 is 5.32 Å². The van der Waals surface area contributed by atoms with Crippen molar-refractivity contribution in [3.8, 4) is 0 Å². The molecule has 2 heterocycles. The van der Waals surface area contributed by atoms with Crippen LogP contribution in [0.4, 0.5) is 0 Å². The Morgan fingerprint density at radius 1 is 1.22 bits per heavy atom. The third-order valence-corrected chi connectivity index (χ3v) is 3.90. The van der Waals surface area contributed by atoms with E-state index >= 15 is 0 Å². The van der Waals surface area contributed by atoms with Gasteiger partial charge in [-0.2, -0.15) is 0 Å². The number of rotatable bonds is 3. The Hall–Kier alpha value is -1.10. The average Bonchev–Trinajstić information content (AvgIpc) is 2.38. The molecule has 2 aliphatic heterocycles. The summed E-state index contributed by atoms with van der Waals surface area (Å²) in [5.41, 5.74) is 0. The fourth-order valence-corrected chi connectivity index (χ4v) is 2.96. The van der Waals surface area contributed by atoms with Gasteiger partial charge in [-0.25, -0.2) is 0 Å². The van der Waals surface area contributed by atoms with Crippen molar-refractivity contribution in [1.82, 2.24) is 10.2 Å². The molecule has 102 valence electrons. The summed E-state index contributed by atoms with van der Waals surface area (Å²) < 4.78 is 0. The van der Waals surface area contributed by atoms with Crippen molar-refractivity contribution >= 4 is 11.9 Å². The monoisotopic (exact) mass is 254 g/mol. The highest BCUT2D eigenvalue weighted by atomic mass is 16.4. The van der Waals surface area contributed by atoms with Crippen molar-refractivity contribution in [2.24, 2.45) is 5.92 Å². The van der Waals surface area contributed by atoms with Crippen LogP contribution >= 0.6 is 0 Å². The third-order valence-electron chi connectivity index (χ3n) is 3.90. The van der Waals surface area contributed by atoms with E-state index in [0.29, 0.717) is 6.54 Å². The molecule has 18 heavy (non-hydrogen) atoms. The number of nitrogens with zero attached hydrogens (tertiary/aromatic N) is 1. The molecule has 2 aliphatic rings. The minimum absolute atomic E-state index is 0.0395. The second-order valence-electron chi connectivity index (χ2n) is 5.39. The first-order valence-electron chi connectivity index (χ1n) is 6.91. The molecule has 0 bridgehead atoms. The minimum atomic E-state index is -0.759. The molecule has 1 amide bonds. The fourth-order valence-electron chi connectivity index (χ4n) is 2.96. The molecule has 2 fully saturated rings. The van der Waals surface area contributed by atoms with Crippen LogP contribution in [0.25, 0.3) is 0 Å². The summed E-state index contributed by atoms with van der Waals surface area (Å²) in [5, 5.41) is 12.1. The van der Waals surface area contributed by atoms with Crippen LogP contribution in [-0.2, 0) is 9.59 Å². The minimum Gasteiger partial charge on any atom is -0.481 e. The maximum absolute atomic E-state index is 12.3. The van der Waals surface area contributed by atoms with Crippen LogP contribution in [-0.4, -0.2) is 47.6 Å². The summed E-state index contributed by atoms with van der Waals surface area (Å²) in [6.45, 7) is 2.32. The molecule has 0 aromatic heterocycles. The van der Waals surface area contributed by atoms with Crippen LogP contribution in [0, 0.1) is 5.92 Å². The second-order valence-corrected chi connectivity index (χ2v) is 5.39. The largest absolute Gasteiger partial charge is 0.481 e. The highest BCUT2D eigenvalue weighted by molar-refractivity contribution is 5.82. The average molecular weight is 254 g/mol. The zero-order valence-corrected chi connectivity index (χ0v) is 10.7. The summed E-state index contributed by atoms with van der Waals surface area (Å²) in [5.74, 6) is -0.460. The Morgan fingerprint density at radius 2 is 2.06 bits per heavy atom. The lowest BCUT2D eigenvalue weighted by molar-refractivity contribution is -0.141. The van der Waals surface area contributed by atoms with Gasteiger partial charge in [0.05, 0.1) is 6.04 Å². The van der Waals surface area contributed by atoms with Crippen molar-refractivity contribution in [1.29, 1.82) is 0 Å². The van der Waals surface area contributed by atoms with Crippen LogP contribution in [0.3, 0.4) is 0 Å². The number of piperidine rings is 2. The summed E-state index contributed by atoms with van der Waals surface area (Å²) in [6, 6.07) is -0.0395. The SMILES string of the molecule is O=C(O)CC1CCCN(C(=O)C2CCCCN2)C1. The molecule has 0 aliphatic carbocycles. The molecule has 2 unspecified atom stereocenters. The highest BCUT2D eigenvalue weighted by Gasteiger charge is 2.30. The Morgan fingerprint density at radius 3 is 2.72 bits per heavy atom. The predicted molar refractivity (Wildman–Crippen MR) is 67.2 cm³/mol. The molecule has 0 radical (unpaired) electrons. The van der Waals surface area contributed by atoms with E-state index in [9.17, 15) is 9.59 Å². The van der Waals surface area contributed by atoms with Crippen LogP contribution in [0.15, 0.2) is 0 Å². The van der Waals surface area contributed by atoms with Gasteiger partial charge in [-0.15, -0.1) is 0 Å². The highest BCUT2D eigenvalue weighted by Crippen LogP contribution is 2.21. The number of aliphatic carboxylic acids is 1. The topological polar surface area (TPSA) is 69.6 Å². The number of carboxylic acid groups (broad SMARTS) is 1. The van der Waals surface area contributed by atoms with E-state index in [4.69, 9.17) is 5.11 Å². The lowest BCUT2D eigenvalue weighted by Gasteiger charge is -2.35. The van der Waals surface area contributed by atoms with E-state index in [0.717, 1.165) is 45.2 Å². The fraction of sp³-hybridized carbons (Fsp3) is 0.846. The van der Waals surface area contributed by atoms with Gasteiger partial charge >= 0.3 is 5.97 Å². The normalized spacial score (nSPS) is 29.0. The van der Waals surface area contributed by atoms with Crippen LogP contribution in [0.1, 0.15) is 38.5 Å². The number of carboxylic acids is 1. The van der Waals surface area contributed by atoms with Gasteiger partial charge in [0.25, 0.3) is 0 Å². The van der Waals surface area contributed by atoms with Crippen molar-refractivity contribution in [3.05, 3.63) is 0 Å². The molecule has 5 nitrogen and oxygen atoms in total. The molecule has 5 heteroatoms. The number of amides is 1. The number of carbonyl (C=O) groups excluding carboxylic acids is 1. The lowest BCUT2D eigenvalue weighted by atomic mass is 9.93. The number of likely N-dealkylation sites (tertiary alicyclic amines) is 1. The predicted octanol–water partition coefficient (Wildman–Crippen LogP) is 0.842. The Balaban J connectivity index is 1.87. The van der Waals surface area contributed by atoms with Gasteiger partial charge < -0.3 is 15.3 Å². The third kappa shape index (κ3) is 3.45. The van der Waals surface area contributed by atoms with E-state index in [-0.39, 0.29) is 24.3 Å². The van der Waals surface area contributed by atoms with E-state index in [1.54, 1.807) is 0 Å². The van der Waals surface area contributed by atoms with Crippen molar-refractivity contribution < 1.29 is 14.7 Å². The molecular formula is C13H22N2O3. The van der Waals surface area contributed by atoms with Gasteiger partial charge in [0.1, 0.15) is 0 Å². The molecule has 0 spiro atoms. The van der Waals surface area contributed by atoms with Gasteiger partial charge in [-0.3, -0.25) is 9.59 Å². The molecule has 2 atom stereocenters. The summed E-state index contributed by atoms with van der Waals surface area (Å²) in [6.07, 6.45) is 5.20. The van der Waals surface area contributed by atoms with Gasteiger partial charge in [-0.05, 0) is 38.1 Å². The number of carbonyl (C=O) groups is 2. The van der Waals surface area contributed by atoms with E-state index in [1.165, 1.54) is 0 Å². The van der Waals surface area contributed by atoms with Crippen molar-refractivity contribution in [3.63, 3.8) is 0 Å². The summed E-state index contributed by atoms with van der Waals surface area (Å²) in [4.78, 5) is 24.9. The summed E-state index contributed by atoms with van der Waals surface area (Å²) in [7, 11) is 0. The zero-order valence-electron chi connectivity index (χ0n) is 10.7. The number of nitrogens with one attached hydrogen (secondary N) is 1. The Bertz CT molecular complexity index is 313. The zero-order chi connectivity index (χ0) is 13.0. The van der Waals surface area contributed by atoms with Crippen LogP contribution in [0.5, 0.6) is 0 Å². The van der Waals surface area contributed by atoms with Crippen molar-refractivity contribution in [2.75, 3.05) is 19.6 Å². The second kappa shape index (κ2) is 6.18. The van der Waals surface area contributed by atoms with E-state index in [2.05, 4.69) is 5.32 Å². The summed E-state index contributed by atoms with van der Waals surface area (Å²) >= 11 is 0. The Labute approximate surface area is 108 Å². The standard InChI is InChI=1S/C13H22N2O3/c16-12(17)8-10-4-3-7-15(9-10)13(18)11-5-1-2-6-14-11/h10-11,14H,1-9H2,(H,16,17). The molecule has 0 saturated carbocycles. The maximum Gasteiger partial charge on any atom is 0.303 e. The van der Waals surface area contributed by atoms with Gasteiger partial charge in [-0.1, -0.05) is 6.42 Å². The first-order valence-corrected chi connectivity index (χ1v) is 6.91. The first-order chi connectivity index (χ1) is 8.66. The smallest absolute Gasteiger partial charge is 0.303 e. The maximum atomic E-state index is 12.3. The Kier molecular flexibility index (Phi) is 4.58. The molecule has 2 saturated heterocycles. The lowest BCUT2D eigenvalue weighted by Crippen LogP contribution is -2.51. The number of hydrogen-bond donors (Lipinski definition) is 2. The quantitative estimate of drug-likeness (QED) is 0.783. The van der Waals surface area contributed by atoms with Gasteiger partial charge in [0.15, 0.2) is 0 Å². The first kappa shape index (κ1) is 13.3. The molecule has 2 rings (SSSR count). The number of hydrogen-bond acceptors (Lipinski definition) is 3. The van der Waals surface area contributed by atoms with Crippen LogP contribution in [0.2, 0.25) is 0 Å². The van der Waals surface area contributed by atoms with Gasteiger partial charge in [0.2, 0.25) is 5.91 Å². The molecule has 0 aromatic rings. The van der Waals surface area contributed by atoms with Gasteiger partial charge in [0, 0.05) is 19.5 Å². The van der Waals surface area contributed by atoms with E-state index < -0.39 is 5.97 Å². The van der Waals surface area contributed by atoms with E-state index in [1.807, 2.05) is 4.90 Å². The molecule has 2 N–H and O–H groups in total. The molecular weight excluding hydrogens is 232 g/mol. The van der Waals surface area contributed by atoms with Crippen molar-refractivity contribution in [2.45, 2.75) is 44.6 Å².